The molecule has 2 rings (SSSR count). The molecule has 1 saturated heterocycles. The highest BCUT2D eigenvalue weighted by molar-refractivity contribution is 5.72. The second-order valence-corrected chi connectivity index (χ2v) is 7.80. The number of esters is 1. The lowest BCUT2D eigenvalue weighted by Crippen LogP contribution is -2.42. The average molecular weight is 382 g/mol. The van der Waals surface area contributed by atoms with Gasteiger partial charge in [0, 0.05) is 17.7 Å². The normalized spacial score (nSPS) is 25.3. The molecule has 2 unspecified atom stereocenters. The topological polar surface area (TPSA) is 111 Å². The Kier molecular flexibility index (Phi) is 7.00. The summed E-state index contributed by atoms with van der Waals surface area (Å²) in [5.41, 5.74) is -1.90. The summed E-state index contributed by atoms with van der Waals surface area (Å²) < 4.78 is 12.8. The van der Waals surface area contributed by atoms with Crippen LogP contribution in [0, 0.1) is 11.3 Å². The first-order chi connectivity index (χ1) is 12.7. The van der Waals surface area contributed by atoms with Gasteiger partial charge in [0.25, 0.3) is 5.56 Å². The standard InChI is InChI=1S/C19H30N2O6/c1-5-6-7-8-12(2)16(24)27-15-13(11-22)26-17(19(15,3)4)21-10-9-14(23)20-18(21)25/h9-10,12-13,15,17,22H,5-8,11H2,1-4H3,(H,20,23,25)/t12?,13-,15?,17-/m1/s1. The molecule has 0 bridgehead atoms. The van der Waals surface area contributed by atoms with Crippen molar-refractivity contribution in [3.8, 4) is 0 Å². The van der Waals surface area contributed by atoms with Crippen LogP contribution in [0.25, 0.3) is 0 Å². The Morgan fingerprint density at radius 3 is 2.70 bits per heavy atom. The molecule has 0 aliphatic carbocycles. The van der Waals surface area contributed by atoms with E-state index in [0.29, 0.717) is 0 Å². The van der Waals surface area contributed by atoms with E-state index in [2.05, 4.69) is 11.9 Å². The Hall–Kier alpha value is -1.93. The third-order valence-electron chi connectivity index (χ3n) is 5.18. The van der Waals surface area contributed by atoms with Crippen molar-refractivity contribution >= 4 is 5.97 Å². The van der Waals surface area contributed by atoms with E-state index in [1.807, 2.05) is 20.8 Å². The number of hydrogen-bond donors (Lipinski definition) is 2. The van der Waals surface area contributed by atoms with Gasteiger partial charge in [0.15, 0.2) is 0 Å². The summed E-state index contributed by atoms with van der Waals surface area (Å²) in [7, 11) is 0. The van der Waals surface area contributed by atoms with Crippen LogP contribution in [0.1, 0.15) is 59.6 Å². The lowest BCUT2D eigenvalue weighted by molar-refractivity contribution is -0.161. The maximum Gasteiger partial charge on any atom is 0.330 e. The number of nitrogens with one attached hydrogen (secondary N) is 1. The lowest BCUT2D eigenvalue weighted by atomic mass is 9.84. The molecule has 4 atom stereocenters. The molecule has 1 aromatic heterocycles. The van der Waals surface area contributed by atoms with Crippen molar-refractivity contribution in [2.75, 3.05) is 6.61 Å². The number of carbonyl (C=O) groups excluding carboxylic acids is 1. The summed E-state index contributed by atoms with van der Waals surface area (Å²) in [4.78, 5) is 38.2. The molecule has 1 fully saturated rings. The van der Waals surface area contributed by atoms with Gasteiger partial charge in [-0.1, -0.05) is 47.0 Å². The van der Waals surface area contributed by atoms with Crippen molar-refractivity contribution in [2.24, 2.45) is 11.3 Å². The molecule has 152 valence electrons. The lowest BCUT2D eigenvalue weighted by Gasteiger charge is -2.32. The van der Waals surface area contributed by atoms with Gasteiger partial charge in [0.1, 0.15) is 18.4 Å². The maximum atomic E-state index is 12.5. The van der Waals surface area contributed by atoms with Crippen LogP contribution in [0.4, 0.5) is 0 Å². The molecule has 8 nitrogen and oxygen atoms in total. The Morgan fingerprint density at radius 1 is 1.41 bits per heavy atom. The van der Waals surface area contributed by atoms with Crippen molar-refractivity contribution in [3.63, 3.8) is 0 Å². The van der Waals surface area contributed by atoms with Gasteiger partial charge in [0.2, 0.25) is 0 Å². The third kappa shape index (κ3) is 4.68. The van der Waals surface area contributed by atoms with E-state index in [1.54, 1.807) is 0 Å². The minimum Gasteiger partial charge on any atom is -0.459 e. The van der Waals surface area contributed by atoms with Gasteiger partial charge in [-0.2, -0.15) is 0 Å². The summed E-state index contributed by atoms with van der Waals surface area (Å²) in [6, 6.07) is 1.23. The fraction of sp³-hybridized carbons (Fsp3) is 0.737. The zero-order valence-corrected chi connectivity index (χ0v) is 16.4. The highest BCUT2D eigenvalue weighted by atomic mass is 16.6. The number of ether oxygens (including phenoxy) is 2. The predicted molar refractivity (Wildman–Crippen MR) is 99.3 cm³/mol. The van der Waals surface area contributed by atoms with E-state index in [9.17, 15) is 19.5 Å². The fourth-order valence-electron chi connectivity index (χ4n) is 3.49. The molecule has 2 N–H and O–H groups in total. The number of carbonyl (C=O) groups is 1. The molecule has 8 heteroatoms. The van der Waals surface area contributed by atoms with Gasteiger partial charge in [-0.15, -0.1) is 0 Å². The number of unbranched alkanes of at least 4 members (excludes halogenated alkanes) is 2. The van der Waals surface area contributed by atoms with E-state index >= 15 is 0 Å². The highest BCUT2D eigenvalue weighted by Gasteiger charge is 2.54. The van der Waals surface area contributed by atoms with Gasteiger partial charge >= 0.3 is 11.7 Å². The van der Waals surface area contributed by atoms with Gasteiger partial charge in [-0.05, 0) is 6.42 Å². The smallest absolute Gasteiger partial charge is 0.330 e. The Bertz CT molecular complexity index is 753. The number of H-pyrrole nitrogens is 1. The van der Waals surface area contributed by atoms with E-state index < -0.39 is 35.1 Å². The molecule has 0 amide bonds. The Morgan fingerprint density at radius 2 is 2.11 bits per heavy atom. The number of aromatic nitrogens is 2. The van der Waals surface area contributed by atoms with Crippen LogP contribution >= 0.6 is 0 Å². The highest BCUT2D eigenvalue weighted by Crippen LogP contribution is 2.46. The summed E-state index contributed by atoms with van der Waals surface area (Å²) >= 11 is 0. The zero-order valence-electron chi connectivity index (χ0n) is 16.4. The number of aromatic amines is 1. The van der Waals surface area contributed by atoms with Crippen molar-refractivity contribution in [3.05, 3.63) is 33.1 Å². The minimum absolute atomic E-state index is 0.249. The summed E-state index contributed by atoms with van der Waals surface area (Å²) in [6.45, 7) is 7.21. The maximum absolute atomic E-state index is 12.5. The van der Waals surface area contributed by atoms with Crippen molar-refractivity contribution in [1.82, 2.24) is 9.55 Å². The molecule has 0 aromatic carbocycles. The van der Waals surface area contributed by atoms with Crippen LogP contribution < -0.4 is 11.2 Å². The van der Waals surface area contributed by atoms with Crippen LogP contribution in [-0.2, 0) is 14.3 Å². The first kappa shape index (κ1) is 21.4. The minimum atomic E-state index is -0.785. The summed E-state index contributed by atoms with van der Waals surface area (Å²) in [6.07, 6.45) is 2.93. The Labute approximate surface area is 158 Å². The van der Waals surface area contributed by atoms with Crippen LogP contribution in [-0.4, -0.2) is 39.4 Å². The molecule has 0 radical (unpaired) electrons. The quantitative estimate of drug-likeness (QED) is 0.522. The van der Waals surface area contributed by atoms with E-state index in [4.69, 9.17) is 9.47 Å². The molecule has 2 heterocycles. The zero-order chi connectivity index (χ0) is 20.2. The number of aliphatic hydroxyl groups excluding tert-OH is 1. The predicted octanol–water partition coefficient (Wildman–Crippen LogP) is 1.58. The SMILES string of the molecule is CCCCCC(C)C(=O)OC1[C@@H](CO)O[C@@H](n2ccc(=O)[nH]c2=O)C1(C)C. The molecule has 1 aromatic rings. The van der Waals surface area contributed by atoms with Crippen molar-refractivity contribution < 1.29 is 19.4 Å². The molecule has 1 aliphatic rings. The monoisotopic (exact) mass is 382 g/mol. The van der Waals surface area contributed by atoms with Gasteiger partial charge in [-0.3, -0.25) is 19.1 Å². The van der Waals surface area contributed by atoms with Crippen LogP contribution in [0.3, 0.4) is 0 Å². The second kappa shape index (κ2) is 8.84. The molecular weight excluding hydrogens is 352 g/mol. The Balaban J connectivity index is 2.19. The molecule has 27 heavy (non-hydrogen) atoms. The second-order valence-electron chi connectivity index (χ2n) is 7.80. The molecule has 1 aliphatic heterocycles. The third-order valence-corrected chi connectivity index (χ3v) is 5.18. The summed E-state index contributed by atoms with van der Waals surface area (Å²) in [5, 5.41) is 9.71. The number of nitrogens with zero attached hydrogens (tertiary/aromatic N) is 1. The molecule has 0 spiro atoms. The van der Waals surface area contributed by atoms with Crippen LogP contribution in [0.2, 0.25) is 0 Å². The average Bonchev–Trinajstić information content (AvgIpc) is 2.85. The number of hydrogen-bond acceptors (Lipinski definition) is 6. The number of aliphatic hydroxyl groups is 1. The van der Waals surface area contributed by atoms with Gasteiger partial charge in [-0.25, -0.2) is 4.79 Å². The van der Waals surface area contributed by atoms with Crippen molar-refractivity contribution in [1.29, 1.82) is 0 Å². The summed E-state index contributed by atoms with van der Waals surface area (Å²) in [5.74, 6) is -0.581. The molecular formula is C19H30N2O6. The van der Waals surface area contributed by atoms with E-state index in [-0.39, 0.29) is 18.5 Å². The van der Waals surface area contributed by atoms with Crippen LogP contribution in [0.15, 0.2) is 21.9 Å². The molecule has 0 saturated carbocycles. The van der Waals surface area contributed by atoms with Gasteiger partial charge in [0.05, 0.1) is 12.5 Å². The fourth-order valence-corrected chi connectivity index (χ4v) is 3.49. The van der Waals surface area contributed by atoms with Gasteiger partial charge < -0.3 is 14.6 Å². The van der Waals surface area contributed by atoms with E-state index in [1.165, 1.54) is 16.8 Å². The first-order valence-corrected chi connectivity index (χ1v) is 9.50. The largest absolute Gasteiger partial charge is 0.459 e. The first-order valence-electron chi connectivity index (χ1n) is 9.50. The van der Waals surface area contributed by atoms with E-state index in [0.717, 1.165) is 25.7 Å². The number of rotatable bonds is 8. The van der Waals surface area contributed by atoms with Crippen LogP contribution in [0.5, 0.6) is 0 Å². The van der Waals surface area contributed by atoms with Crippen molar-refractivity contribution in [2.45, 2.75) is 71.8 Å².